The molecule has 2 fully saturated rings. The molecule has 1 aromatic carbocycles. The molecule has 6 bridgehead atoms. The molecule has 2 N–H and O–H groups in total. The lowest BCUT2D eigenvalue weighted by Gasteiger charge is -2.37. The highest BCUT2D eigenvalue weighted by atomic mass is 19.4. The average Bonchev–Trinajstić information content (AvgIpc) is 4.02. The van der Waals surface area contributed by atoms with E-state index in [9.17, 15) is 37.1 Å². The number of anilines is 1. The van der Waals surface area contributed by atoms with Gasteiger partial charge in [0.2, 0.25) is 17.7 Å². The molecule has 0 radical (unpaired) electrons. The van der Waals surface area contributed by atoms with Crippen LogP contribution in [0.15, 0.2) is 43.1 Å². The summed E-state index contributed by atoms with van der Waals surface area (Å²) >= 11 is 0. The lowest BCUT2D eigenvalue weighted by Crippen LogP contribution is -2.62. The number of halogens is 3. The number of aromatic nitrogens is 3. The fourth-order valence-corrected chi connectivity index (χ4v) is 10.5. The molecule has 4 aliphatic rings. The fourth-order valence-electron chi connectivity index (χ4n) is 10.5. The zero-order valence-electron chi connectivity index (χ0n) is 40.4. The van der Waals surface area contributed by atoms with E-state index in [0.717, 1.165) is 11.3 Å². The Morgan fingerprint density at radius 1 is 1.12 bits per heavy atom. The molecule has 16 nitrogen and oxygen atoms in total. The highest BCUT2D eigenvalue weighted by Crippen LogP contribution is 2.43. The maximum Gasteiger partial charge on any atom is 0.406 e. The predicted molar refractivity (Wildman–Crippen MR) is 248 cm³/mol. The first-order chi connectivity index (χ1) is 32.1. The highest BCUT2D eigenvalue weighted by Gasteiger charge is 2.42. The quantitative estimate of drug-likeness (QED) is 0.212. The third-order valence-electron chi connectivity index (χ3n) is 13.9. The minimum atomic E-state index is -4.55. The Morgan fingerprint density at radius 2 is 1.87 bits per heavy atom. The monoisotopic (exact) mass is 950 g/mol. The zero-order chi connectivity index (χ0) is 49.4. The van der Waals surface area contributed by atoms with Gasteiger partial charge in [0.05, 0.1) is 36.2 Å². The molecule has 3 aromatic rings. The van der Waals surface area contributed by atoms with Crippen molar-refractivity contribution >= 4 is 35.3 Å². The van der Waals surface area contributed by atoms with Crippen LogP contribution in [0.2, 0.25) is 0 Å². The molecule has 370 valence electrons. The topological polar surface area (TPSA) is 164 Å². The third-order valence-corrected chi connectivity index (χ3v) is 13.9. The summed E-state index contributed by atoms with van der Waals surface area (Å²) < 4.78 is 58.9. The predicted octanol–water partition coefficient (Wildman–Crippen LogP) is 4.89. The molecule has 5 atom stereocenters. The number of aryl methyl sites for hydroxylation is 1. The average molecular weight is 950 g/mol. The number of cyclic esters (lactones) is 1. The number of alkyl halides is 3. The van der Waals surface area contributed by atoms with Crippen molar-refractivity contribution in [3.05, 3.63) is 71.2 Å². The van der Waals surface area contributed by atoms with E-state index in [4.69, 9.17) is 9.47 Å². The lowest BCUT2D eigenvalue weighted by atomic mass is 9.83. The molecule has 0 spiro atoms. The van der Waals surface area contributed by atoms with Crippen molar-refractivity contribution in [1.82, 2.24) is 39.9 Å². The standard InChI is InChI=1S/C49H66F3N9O7/c1-10-40(62)59-19-16-32(25-59)45(64)56(7)41(29(2)3)44(63)54-38-22-31-13-11-14-33(21-31)58-20-17-39-36(26-58)34(23-48(5,6)28-68-47(66)37-15-12-18-61(55-37)46(38)65)43(60(39)27-49(50,51)52)35-24-53-57(8)42(35)30(4)67-9/h10-11,13-14,21,24,29-30,32,37-38,41,55H,1,12,15-20,22-23,25-28H2,2-9H3,(H,54,63)/t30-,32-,37-,38-,41-/m0/s1. The van der Waals surface area contributed by atoms with E-state index in [0.29, 0.717) is 72.5 Å². The van der Waals surface area contributed by atoms with E-state index < -0.39 is 66.1 Å². The smallest absolute Gasteiger partial charge is 0.406 e. The van der Waals surface area contributed by atoms with Crippen molar-refractivity contribution in [3.63, 3.8) is 0 Å². The Bertz CT molecular complexity index is 2410. The number of likely N-dealkylation sites (tertiary alicyclic amines) is 1. The molecule has 2 saturated heterocycles. The van der Waals surface area contributed by atoms with Gasteiger partial charge in [-0.05, 0) is 73.4 Å². The van der Waals surface area contributed by atoms with Crippen LogP contribution < -0.4 is 15.6 Å². The van der Waals surface area contributed by atoms with Crippen LogP contribution in [0, 0.1) is 17.3 Å². The number of amides is 4. The van der Waals surface area contributed by atoms with E-state index in [-0.39, 0.29) is 56.8 Å². The SMILES string of the molecule is C=CC(=O)N1CC[C@H](C(=O)N(C)[C@H](C(=O)N[C@H]2Cc3cccc(c3)N3CCc4c(c(c(-c5cnn(C)c5[C@H](C)OC)n4CC(F)(F)F)CC(C)(C)COC(=O)[C@@H]4CCCN(N4)C2=O)C3)C(C)C)C1. The van der Waals surface area contributed by atoms with Crippen molar-refractivity contribution in [2.75, 3.05) is 51.8 Å². The lowest BCUT2D eigenvalue weighted by molar-refractivity contribution is -0.155. The summed E-state index contributed by atoms with van der Waals surface area (Å²) in [4.78, 5) is 74.4. The van der Waals surface area contributed by atoms with Crippen LogP contribution in [0.4, 0.5) is 18.9 Å². The minimum Gasteiger partial charge on any atom is -0.464 e. The number of fused-ring (bicyclic) bond motifs is 6. The number of benzene rings is 1. The number of carbonyl (C=O) groups is 5. The largest absolute Gasteiger partial charge is 0.464 e. The van der Waals surface area contributed by atoms with E-state index in [1.165, 1.54) is 20.6 Å². The molecule has 0 aliphatic carbocycles. The Morgan fingerprint density at radius 3 is 2.56 bits per heavy atom. The molecule has 6 heterocycles. The van der Waals surface area contributed by atoms with Crippen molar-refractivity contribution < 1.29 is 46.6 Å². The van der Waals surface area contributed by atoms with Gasteiger partial charge in [-0.3, -0.25) is 33.7 Å². The number of rotatable bonds is 10. The molecule has 4 aliphatic heterocycles. The van der Waals surface area contributed by atoms with Crippen LogP contribution in [-0.4, -0.2) is 130 Å². The van der Waals surface area contributed by atoms with Gasteiger partial charge < -0.3 is 34.1 Å². The van der Waals surface area contributed by atoms with Gasteiger partial charge in [-0.15, -0.1) is 0 Å². The maximum atomic E-state index is 14.7. The fraction of sp³-hybridized carbons (Fsp3) is 0.592. The number of methoxy groups -OCH3 is 1. The highest BCUT2D eigenvalue weighted by molar-refractivity contribution is 5.93. The summed E-state index contributed by atoms with van der Waals surface area (Å²) in [7, 11) is 4.85. The minimum absolute atomic E-state index is 0.0432. The van der Waals surface area contributed by atoms with Crippen molar-refractivity contribution in [1.29, 1.82) is 0 Å². The molecular weight excluding hydrogens is 884 g/mol. The normalized spacial score (nSPS) is 22.0. The number of hydrogen-bond donors (Lipinski definition) is 2. The Labute approximate surface area is 396 Å². The zero-order valence-corrected chi connectivity index (χ0v) is 40.4. The molecule has 0 unspecified atom stereocenters. The number of ether oxygens (including phenoxy) is 2. The number of hydrogen-bond acceptors (Lipinski definition) is 10. The van der Waals surface area contributed by atoms with E-state index in [2.05, 4.69) is 27.3 Å². The van der Waals surface area contributed by atoms with Crippen LogP contribution in [0.3, 0.4) is 0 Å². The van der Waals surface area contributed by atoms with Crippen molar-refractivity contribution in [2.24, 2.45) is 24.3 Å². The second-order valence-electron chi connectivity index (χ2n) is 19.9. The van der Waals surface area contributed by atoms with Crippen LogP contribution >= 0.6 is 0 Å². The summed E-state index contributed by atoms with van der Waals surface area (Å²) in [6, 6.07) is 4.57. The van der Waals surface area contributed by atoms with Gasteiger partial charge >= 0.3 is 12.1 Å². The van der Waals surface area contributed by atoms with Crippen LogP contribution in [0.25, 0.3) is 11.3 Å². The molecule has 2 aromatic heterocycles. The maximum absolute atomic E-state index is 14.7. The Balaban J connectivity index is 1.28. The van der Waals surface area contributed by atoms with E-state index >= 15 is 0 Å². The van der Waals surface area contributed by atoms with Crippen molar-refractivity contribution in [2.45, 2.75) is 117 Å². The summed E-state index contributed by atoms with van der Waals surface area (Å²) in [6.07, 6.45) is -0.362. The van der Waals surface area contributed by atoms with Gasteiger partial charge in [-0.2, -0.15) is 18.3 Å². The van der Waals surface area contributed by atoms with Gasteiger partial charge in [-0.25, -0.2) is 5.43 Å². The van der Waals surface area contributed by atoms with E-state index in [1.807, 2.05) is 58.9 Å². The van der Waals surface area contributed by atoms with Gasteiger partial charge in [-0.1, -0.05) is 46.4 Å². The van der Waals surface area contributed by atoms with E-state index in [1.54, 1.807) is 37.0 Å². The number of hydrazine groups is 1. The van der Waals surface area contributed by atoms with Gasteiger partial charge in [0, 0.05) is 89.1 Å². The second kappa shape index (κ2) is 20.1. The Kier molecular flexibility index (Phi) is 14.8. The third kappa shape index (κ3) is 10.6. The first kappa shape index (κ1) is 50.2. The molecule has 68 heavy (non-hydrogen) atoms. The van der Waals surface area contributed by atoms with Crippen molar-refractivity contribution in [3.8, 4) is 11.3 Å². The van der Waals surface area contributed by atoms with Gasteiger partial charge in [0.15, 0.2) is 0 Å². The Hall–Kier alpha value is -5.69. The number of esters is 1. The number of likely N-dealkylation sites (N-methyl/N-ethyl adjacent to an activating group) is 1. The number of nitrogens with one attached hydrogen (secondary N) is 2. The molecule has 7 rings (SSSR count). The van der Waals surface area contributed by atoms with Crippen LogP contribution in [-0.2, 0) is 72.8 Å². The first-order valence-corrected chi connectivity index (χ1v) is 23.5. The number of carbonyl (C=O) groups excluding carboxylic acids is 5. The summed E-state index contributed by atoms with van der Waals surface area (Å²) in [6.45, 7) is 13.1. The molecule has 19 heteroatoms. The molecular formula is C49H66F3N9O7. The van der Waals surface area contributed by atoms with Crippen LogP contribution in [0.1, 0.15) is 88.1 Å². The number of nitrogens with zero attached hydrogens (tertiary/aromatic N) is 7. The molecule has 0 saturated carbocycles. The summed E-state index contributed by atoms with van der Waals surface area (Å²) in [5, 5.41) is 8.87. The first-order valence-electron chi connectivity index (χ1n) is 23.5. The molecule has 4 amide bonds. The van der Waals surface area contributed by atoms with Crippen LogP contribution in [0.5, 0.6) is 0 Å². The second-order valence-corrected chi connectivity index (χ2v) is 19.9. The summed E-state index contributed by atoms with van der Waals surface area (Å²) in [5.41, 5.74) is 7.39. The summed E-state index contributed by atoms with van der Waals surface area (Å²) in [5.74, 6) is -3.03. The van der Waals surface area contributed by atoms with Gasteiger partial charge in [0.25, 0.3) is 5.91 Å². The van der Waals surface area contributed by atoms with Gasteiger partial charge in [0.1, 0.15) is 24.7 Å².